The van der Waals surface area contributed by atoms with Gasteiger partial charge in [0.2, 0.25) is 0 Å². The number of rotatable bonds is 5. The van der Waals surface area contributed by atoms with Crippen molar-refractivity contribution < 1.29 is 4.79 Å². The van der Waals surface area contributed by atoms with Crippen LogP contribution in [0, 0.1) is 0 Å². The van der Waals surface area contributed by atoms with Crippen molar-refractivity contribution in [1.29, 1.82) is 0 Å². The maximum absolute atomic E-state index is 12.7. The fraction of sp³-hybridized carbons (Fsp3) is 0.0625. The molecule has 0 fully saturated rings. The van der Waals surface area contributed by atoms with Crippen LogP contribution in [0.3, 0.4) is 0 Å². The quantitative estimate of drug-likeness (QED) is 0.294. The molecule has 2 heterocycles. The van der Waals surface area contributed by atoms with E-state index in [1.54, 1.807) is 12.1 Å². The molecule has 22 heavy (non-hydrogen) atoms. The van der Waals surface area contributed by atoms with Gasteiger partial charge in [0.15, 0.2) is 5.78 Å². The number of carbonyl (C=O) groups excluding carboxylic acids is 1. The fourth-order valence-electron chi connectivity index (χ4n) is 2.25. The summed E-state index contributed by atoms with van der Waals surface area (Å²) in [4.78, 5) is 15.4. The standard InChI is InChI=1S/C16H12N4OS/c17-19-18-11-13-7-4-9-20(13)16-14(8-10-22-16)15(21)12-5-2-1-3-6-12/h1-10H,11H2. The predicted octanol–water partition coefficient (Wildman–Crippen LogP) is 4.58. The van der Waals surface area contributed by atoms with Crippen molar-refractivity contribution >= 4 is 17.1 Å². The minimum Gasteiger partial charge on any atom is -0.312 e. The molecule has 6 heteroatoms. The summed E-state index contributed by atoms with van der Waals surface area (Å²) in [6.07, 6.45) is 1.87. The first-order valence-electron chi connectivity index (χ1n) is 6.66. The van der Waals surface area contributed by atoms with Crippen LogP contribution >= 0.6 is 11.3 Å². The normalized spacial score (nSPS) is 10.2. The lowest BCUT2D eigenvalue weighted by atomic mass is 10.1. The van der Waals surface area contributed by atoms with E-state index in [0.717, 1.165) is 10.7 Å². The van der Waals surface area contributed by atoms with Gasteiger partial charge in [-0.1, -0.05) is 35.4 Å². The highest BCUT2D eigenvalue weighted by Crippen LogP contribution is 2.26. The van der Waals surface area contributed by atoms with Crippen LogP contribution in [0.5, 0.6) is 0 Å². The average Bonchev–Trinajstić information content (AvgIpc) is 3.21. The number of hydrogen-bond donors (Lipinski definition) is 0. The summed E-state index contributed by atoms with van der Waals surface area (Å²) in [6.45, 7) is 0.250. The Hall–Kier alpha value is -2.82. The molecule has 0 bridgehead atoms. The van der Waals surface area contributed by atoms with E-state index in [-0.39, 0.29) is 12.3 Å². The molecule has 1 aromatic carbocycles. The lowest BCUT2D eigenvalue weighted by molar-refractivity contribution is 0.103. The van der Waals surface area contributed by atoms with Gasteiger partial charge < -0.3 is 4.57 Å². The maximum atomic E-state index is 12.7. The molecular weight excluding hydrogens is 296 g/mol. The summed E-state index contributed by atoms with van der Waals surface area (Å²) in [5.74, 6) is -0.0136. The Bertz CT molecular complexity index is 844. The number of carbonyl (C=O) groups is 1. The molecule has 0 unspecified atom stereocenters. The number of aromatic nitrogens is 1. The SMILES string of the molecule is [N-]=[N+]=NCc1cccn1-c1sccc1C(=O)c1ccccc1. The van der Waals surface area contributed by atoms with Crippen LogP contribution in [0.4, 0.5) is 0 Å². The van der Waals surface area contributed by atoms with Gasteiger partial charge in [-0.05, 0) is 29.1 Å². The number of azide groups is 1. The van der Waals surface area contributed by atoms with Gasteiger partial charge in [-0.2, -0.15) is 0 Å². The van der Waals surface area contributed by atoms with Gasteiger partial charge in [0.25, 0.3) is 0 Å². The smallest absolute Gasteiger partial charge is 0.196 e. The van der Waals surface area contributed by atoms with E-state index >= 15 is 0 Å². The van der Waals surface area contributed by atoms with Crippen molar-refractivity contribution in [2.45, 2.75) is 6.54 Å². The Morgan fingerprint density at radius 3 is 2.77 bits per heavy atom. The van der Waals surface area contributed by atoms with Crippen molar-refractivity contribution in [2.24, 2.45) is 5.11 Å². The third-order valence-electron chi connectivity index (χ3n) is 3.27. The Balaban J connectivity index is 2.01. The monoisotopic (exact) mass is 308 g/mol. The van der Waals surface area contributed by atoms with Crippen LogP contribution in [0.25, 0.3) is 15.4 Å². The first-order valence-corrected chi connectivity index (χ1v) is 7.54. The van der Waals surface area contributed by atoms with E-state index < -0.39 is 0 Å². The lowest BCUT2D eigenvalue weighted by Gasteiger charge is -2.08. The number of thiophene rings is 1. The molecule has 0 saturated carbocycles. The number of nitrogens with zero attached hydrogens (tertiary/aromatic N) is 4. The zero-order valence-electron chi connectivity index (χ0n) is 11.6. The van der Waals surface area contributed by atoms with Gasteiger partial charge in [0, 0.05) is 22.4 Å². The highest BCUT2D eigenvalue weighted by molar-refractivity contribution is 7.13. The summed E-state index contributed by atoms with van der Waals surface area (Å²) in [5.41, 5.74) is 10.6. The molecule has 0 atom stereocenters. The molecule has 0 N–H and O–H groups in total. The van der Waals surface area contributed by atoms with E-state index in [1.807, 2.05) is 52.5 Å². The second-order valence-corrected chi connectivity index (χ2v) is 5.49. The molecular formula is C16H12N4OS. The van der Waals surface area contributed by atoms with Crippen LogP contribution in [0.2, 0.25) is 0 Å². The molecule has 3 aromatic rings. The summed E-state index contributed by atoms with van der Waals surface area (Å²) in [7, 11) is 0. The maximum Gasteiger partial charge on any atom is 0.196 e. The van der Waals surface area contributed by atoms with Crippen molar-refractivity contribution in [1.82, 2.24) is 4.57 Å². The Morgan fingerprint density at radius 2 is 2.00 bits per heavy atom. The molecule has 0 radical (unpaired) electrons. The highest BCUT2D eigenvalue weighted by atomic mass is 32.1. The number of benzene rings is 1. The second-order valence-electron chi connectivity index (χ2n) is 4.59. The molecule has 2 aromatic heterocycles. The molecule has 108 valence electrons. The molecule has 0 aliphatic heterocycles. The second kappa shape index (κ2) is 6.30. The first kappa shape index (κ1) is 14.1. The van der Waals surface area contributed by atoms with Gasteiger partial charge in [-0.25, -0.2) is 0 Å². The minimum absolute atomic E-state index is 0.0136. The van der Waals surface area contributed by atoms with Crippen molar-refractivity contribution in [3.63, 3.8) is 0 Å². The Labute approximate surface area is 131 Å². The van der Waals surface area contributed by atoms with Gasteiger partial charge in [0.1, 0.15) is 5.00 Å². The third-order valence-corrected chi connectivity index (χ3v) is 4.19. The van der Waals surface area contributed by atoms with Crippen molar-refractivity contribution in [3.05, 3.63) is 87.4 Å². The number of ketones is 1. The average molecular weight is 308 g/mol. The zero-order valence-corrected chi connectivity index (χ0v) is 12.4. The van der Waals surface area contributed by atoms with Crippen LogP contribution < -0.4 is 0 Å². The summed E-state index contributed by atoms with van der Waals surface area (Å²) in [6, 6.07) is 14.8. The summed E-state index contributed by atoms with van der Waals surface area (Å²) >= 11 is 1.49. The van der Waals surface area contributed by atoms with Gasteiger partial charge in [0.05, 0.1) is 12.1 Å². The number of hydrogen-bond acceptors (Lipinski definition) is 3. The molecule has 0 aliphatic carbocycles. The molecule has 0 amide bonds. The van der Waals surface area contributed by atoms with Crippen LogP contribution in [0.1, 0.15) is 21.6 Å². The van der Waals surface area contributed by atoms with E-state index in [2.05, 4.69) is 10.0 Å². The Kier molecular flexibility index (Phi) is 4.05. The summed E-state index contributed by atoms with van der Waals surface area (Å²) < 4.78 is 1.90. The largest absolute Gasteiger partial charge is 0.312 e. The van der Waals surface area contributed by atoms with Crippen LogP contribution in [-0.4, -0.2) is 10.4 Å². The van der Waals surface area contributed by atoms with Gasteiger partial charge >= 0.3 is 0 Å². The molecule has 0 aliphatic rings. The molecule has 3 rings (SSSR count). The third kappa shape index (κ3) is 2.65. The van der Waals surface area contributed by atoms with E-state index in [1.165, 1.54) is 11.3 Å². The van der Waals surface area contributed by atoms with Crippen LogP contribution in [0.15, 0.2) is 65.2 Å². The van der Waals surface area contributed by atoms with E-state index in [0.29, 0.717) is 11.1 Å². The molecule has 5 nitrogen and oxygen atoms in total. The van der Waals surface area contributed by atoms with Gasteiger partial charge in [-0.3, -0.25) is 4.79 Å². The highest BCUT2D eigenvalue weighted by Gasteiger charge is 2.17. The fourth-order valence-corrected chi connectivity index (χ4v) is 3.17. The zero-order chi connectivity index (χ0) is 15.4. The van der Waals surface area contributed by atoms with E-state index in [9.17, 15) is 4.79 Å². The van der Waals surface area contributed by atoms with E-state index in [4.69, 9.17) is 5.53 Å². The predicted molar refractivity (Wildman–Crippen MR) is 86.4 cm³/mol. The summed E-state index contributed by atoms with van der Waals surface area (Å²) in [5, 5.41) is 6.32. The minimum atomic E-state index is -0.0136. The molecule has 0 saturated heterocycles. The molecule has 0 spiro atoms. The van der Waals surface area contributed by atoms with Crippen molar-refractivity contribution in [2.75, 3.05) is 0 Å². The van der Waals surface area contributed by atoms with Gasteiger partial charge in [-0.15, -0.1) is 11.3 Å². The van der Waals surface area contributed by atoms with Crippen LogP contribution in [-0.2, 0) is 6.54 Å². The lowest BCUT2D eigenvalue weighted by Crippen LogP contribution is -2.05. The Morgan fingerprint density at radius 1 is 1.18 bits per heavy atom. The first-order chi connectivity index (χ1) is 10.8. The topological polar surface area (TPSA) is 70.8 Å². The van der Waals surface area contributed by atoms with Crippen molar-refractivity contribution in [3.8, 4) is 5.00 Å².